The molecule has 3 atom stereocenters. The van der Waals surface area contributed by atoms with E-state index in [4.69, 9.17) is 18.9 Å². The van der Waals surface area contributed by atoms with Crippen LogP contribution >= 0.6 is 11.8 Å². The third-order valence-electron chi connectivity index (χ3n) is 5.92. The molecule has 2 aliphatic heterocycles. The van der Waals surface area contributed by atoms with Crippen molar-refractivity contribution in [3.05, 3.63) is 65.7 Å². The van der Waals surface area contributed by atoms with Gasteiger partial charge in [-0.1, -0.05) is 42.1 Å². The average molecular weight is 458 g/mol. The van der Waals surface area contributed by atoms with Crippen LogP contribution in [0.25, 0.3) is 0 Å². The van der Waals surface area contributed by atoms with E-state index in [1.165, 1.54) is 11.8 Å². The van der Waals surface area contributed by atoms with Crippen LogP contribution in [-0.2, 0) is 20.8 Å². The molecule has 4 rings (SSSR count). The number of hydrogen-bond acceptors (Lipinski definition) is 7. The van der Waals surface area contributed by atoms with Gasteiger partial charge in [0.1, 0.15) is 11.9 Å². The van der Waals surface area contributed by atoms with E-state index >= 15 is 0 Å². The van der Waals surface area contributed by atoms with Crippen molar-refractivity contribution in [2.45, 2.75) is 37.3 Å². The first kappa shape index (κ1) is 22.6. The highest BCUT2D eigenvalue weighted by atomic mass is 32.2. The van der Waals surface area contributed by atoms with Crippen LogP contribution < -0.4 is 4.74 Å². The monoisotopic (exact) mass is 457 g/mol. The molecule has 32 heavy (non-hydrogen) atoms. The fourth-order valence-corrected chi connectivity index (χ4v) is 5.26. The van der Waals surface area contributed by atoms with Gasteiger partial charge in [-0.25, -0.2) is 4.79 Å². The molecule has 8 heteroatoms. The van der Waals surface area contributed by atoms with Crippen LogP contribution in [0.15, 0.2) is 54.6 Å². The molecule has 2 heterocycles. The summed E-state index contributed by atoms with van der Waals surface area (Å²) in [6, 6.07) is 16.3. The second kappa shape index (κ2) is 9.94. The maximum absolute atomic E-state index is 12.7. The van der Waals surface area contributed by atoms with Gasteiger partial charge in [-0.3, -0.25) is 4.79 Å². The van der Waals surface area contributed by atoms with E-state index in [1.807, 2.05) is 30.3 Å². The van der Waals surface area contributed by atoms with Crippen LogP contribution in [0.5, 0.6) is 5.75 Å². The number of rotatable bonds is 7. The largest absolute Gasteiger partial charge is 0.497 e. The molecule has 170 valence electrons. The maximum atomic E-state index is 12.7. The topological polar surface area (TPSA) is 74.3 Å². The summed E-state index contributed by atoms with van der Waals surface area (Å²) in [6.45, 7) is 0.815. The number of amides is 1. The Hall–Kier alpha value is -2.55. The lowest BCUT2D eigenvalue weighted by atomic mass is 9.95. The van der Waals surface area contributed by atoms with E-state index in [-0.39, 0.29) is 23.4 Å². The van der Waals surface area contributed by atoms with Crippen molar-refractivity contribution in [2.75, 3.05) is 26.6 Å². The molecule has 7 nitrogen and oxygen atoms in total. The number of hydrogen-bond donors (Lipinski definition) is 0. The van der Waals surface area contributed by atoms with E-state index in [2.05, 4.69) is 0 Å². The molecule has 2 aliphatic rings. The van der Waals surface area contributed by atoms with E-state index in [1.54, 1.807) is 43.4 Å². The fourth-order valence-electron chi connectivity index (χ4n) is 4.16. The molecular weight excluding hydrogens is 430 g/mol. The summed E-state index contributed by atoms with van der Waals surface area (Å²) in [5.74, 6) is -0.0952. The summed E-state index contributed by atoms with van der Waals surface area (Å²) in [4.78, 5) is 27.1. The average Bonchev–Trinajstić information content (AvgIpc) is 3.20. The van der Waals surface area contributed by atoms with Gasteiger partial charge in [0.05, 0.1) is 25.3 Å². The van der Waals surface area contributed by atoms with Crippen LogP contribution in [0.3, 0.4) is 0 Å². The molecule has 2 aromatic rings. The fraction of sp³-hybridized carbons (Fsp3) is 0.417. The molecule has 2 saturated heterocycles. The number of ether oxygens (including phenoxy) is 4. The Labute approximate surface area is 192 Å². The Balaban J connectivity index is 1.49. The highest BCUT2D eigenvalue weighted by Crippen LogP contribution is 2.40. The lowest BCUT2D eigenvalue weighted by Crippen LogP contribution is -2.58. The SMILES string of the molecule is COc1ccc(CN2C(=O)SC[C@H]2C2(OC)CC(OC(=O)c3ccccc3)CCO2)cc1. The molecular formula is C24H27NO6S. The minimum atomic E-state index is -1.04. The number of carbonyl (C=O) groups is 2. The smallest absolute Gasteiger partial charge is 0.338 e. The molecule has 0 N–H and O–H groups in total. The highest BCUT2D eigenvalue weighted by molar-refractivity contribution is 8.13. The number of carbonyl (C=O) groups excluding carboxylic acids is 2. The van der Waals surface area contributed by atoms with Gasteiger partial charge in [0, 0.05) is 32.2 Å². The molecule has 0 radical (unpaired) electrons. The first-order chi connectivity index (χ1) is 15.5. The quantitative estimate of drug-likeness (QED) is 0.579. The van der Waals surface area contributed by atoms with Gasteiger partial charge < -0.3 is 23.8 Å². The normalized spacial score (nSPS) is 25.6. The molecule has 2 fully saturated rings. The van der Waals surface area contributed by atoms with Crippen LogP contribution in [0.1, 0.15) is 28.8 Å². The van der Waals surface area contributed by atoms with Crippen LogP contribution in [0.4, 0.5) is 4.79 Å². The Morgan fingerprint density at radius 3 is 2.59 bits per heavy atom. The maximum Gasteiger partial charge on any atom is 0.338 e. The van der Waals surface area contributed by atoms with Crippen LogP contribution in [0.2, 0.25) is 0 Å². The van der Waals surface area contributed by atoms with Crippen molar-refractivity contribution in [3.8, 4) is 5.75 Å². The third kappa shape index (κ3) is 4.77. The zero-order chi connectivity index (χ0) is 22.6. The first-order valence-electron chi connectivity index (χ1n) is 10.6. The van der Waals surface area contributed by atoms with Crippen LogP contribution in [0, 0.1) is 0 Å². The lowest BCUT2D eigenvalue weighted by Gasteiger charge is -2.45. The summed E-state index contributed by atoms with van der Waals surface area (Å²) in [7, 11) is 3.20. The Morgan fingerprint density at radius 1 is 1.16 bits per heavy atom. The van der Waals surface area contributed by atoms with E-state index in [0.29, 0.717) is 37.3 Å². The molecule has 0 spiro atoms. The molecule has 0 aromatic heterocycles. The van der Waals surface area contributed by atoms with Gasteiger partial charge >= 0.3 is 5.97 Å². The number of thioether (sulfide) groups is 1. The highest BCUT2D eigenvalue weighted by Gasteiger charge is 2.52. The van der Waals surface area contributed by atoms with E-state index in [9.17, 15) is 9.59 Å². The predicted molar refractivity (Wildman–Crippen MR) is 121 cm³/mol. The standard InChI is InChI=1S/C24H27NO6S/c1-28-19-10-8-17(9-11-19)15-25-21(16-32-23(25)27)24(29-2)14-20(12-13-30-24)31-22(26)18-6-4-3-5-7-18/h3-11,20-21H,12-16H2,1-2H3/t20?,21-,24?/m0/s1. The van der Waals surface area contributed by atoms with Crippen molar-refractivity contribution in [1.82, 2.24) is 4.90 Å². The lowest BCUT2D eigenvalue weighted by molar-refractivity contribution is -0.280. The second-order valence-corrected chi connectivity index (χ2v) is 8.79. The van der Waals surface area contributed by atoms with E-state index < -0.39 is 5.79 Å². The number of methoxy groups -OCH3 is 2. The molecule has 0 bridgehead atoms. The zero-order valence-electron chi connectivity index (χ0n) is 18.2. The Kier molecular flexibility index (Phi) is 7.03. The molecule has 0 aliphatic carbocycles. The number of esters is 1. The summed E-state index contributed by atoms with van der Waals surface area (Å²) >= 11 is 1.25. The Morgan fingerprint density at radius 2 is 1.91 bits per heavy atom. The first-order valence-corrected chi connectivity index (χ1v) is 11.5. The summed E-state index contributed by atoms with van der Waals surface area (Å²) in [6.07, 6.45) is 0.579. The number of benzene rings is 2. The summed E-state index contributed by atoms with van der Waals surface area (Å²) < 4.78 is 23.0. The second-order valence-electron chi connectivity index (χ2n) is 7.82. The predicted octanol–water partition coefficient (Wildman–Crippen LogP) is 4.11. The van der Waals surface area contributed by atoms with Crippen LogP contribution in [-0.4, -0.2) is 60.6 Å². The van der Waals surface area contributed by atoms with Gasteiger partial charge in [-0.15, -0.1) is 0 Å². The minimum Gasteiger partial charge on any atom is -0.497 e. The molecule has 2 aromatic carbocycles. The van der Waals surface area contributed by atoms with E-state index in [0.717, 1.165) is 11.3 Å². The molecule has 1 amide bonds. The van der Waals surface area contributed by atoms with Gasteiger partial charge in [0.2, 0.25) is 0 Å². The van der Waals surface area contributed by atoms with Crippen molar-refractivity contribution >= 4 is 23.0 Å². The van der Waals surface area contributed by atoms with Crippen molar-refractivity contribution < 1.29 is 28.5 Å². The Bertz CT molecular complexity index is 937. The summed E-state index contributed by atoms with van der Waals surface area (Å²) in [5, 5.41) is -0.0192. The van der Waals surface area contributed by atoms with Gasteiger partial charge in [-0.05, 0) is 29.8 Å². The third-order valence-corrected chi connectivity index (χ3v) is 6.89. The van der Waals surface area contributed by atoms with Gasteiger partial charge in [0.15, 0.2) is 5.79 Å². The van der Waals surface area contributed by atoms with Crippen molar-refractivity contribution in [2.24, 2.45) is 0 Å². The number of nitrogens with zero attached hydrogens (tertiary/aromatic N) is 1. The summed E-state index contributed by atoms with van der Waals surface area (Å²) in [5.41, 5.74) is 1.50. The molecule has 0 saturated carbocycles. The molecule has 2 unspecified atom stereocenters. The zero-order valence-corrected chi connectivity index (χ0v) is 19.0. The van der Waals surface area contributed by atoms with Gasteiger partial charge in [0.25, 0.3) is 5.24 Å². The van der Waals surface area contributed by atoms with Crippen molar-refractivity contribution in [1.29, 1.82) is 0 Å². The van der Waals surface area contributed by atoms with Crippen molar-refractivity contribution in [3.63, 3.8) is 0 Å². The minimum absolute atomic E-state index is 0.0192. The van der Waals surface area contributed by atoms with Gasteiger partial charge in [-0.2, -0.15) is 0 Å².